The molecular weight excluding hydrogens is 316 g/mol. The number of hydrogen-bond donors (Lipinski definition) is 1. The van der Waals surface area contributed by atoms with E-state index in [1.165, 1.54) is 11.1 Å². The molecule has 0 aliphatic carbocycles. The van der Waals surface area contributed by atoms with E-state index in [2.05, 4.69) is 12.1 Å². The van der Waals surface area contributed by atoms with Crippen molar-refractivity contribution in [2.75, 3.05) is 18.0 Å². The first-order valence-corrected chi connectivity index (χ1v) is 8.60. The summed E-state index contributed by atoms with van der Waals surface area (Å²) in [6.45, 7) is 1.73. The van der Waals surface area contributed by atoms with Crippen molar-refractivity contribution >= 4 is 17.7 Å². The number of anilines is 1. The second-order valence-electron chi connectivity index (χ2n) is 6.61. The predicted octanol–water partition coefficient (Wildman–Crippen LogP) is 3.24. The van der Waals surface area contributed by atoms with E-state index in [1.54, 1.807) is 4.90 Å². The van der Waals surface area contributed by atoms with Crippen LogP contribution in [0.2, 0.25) is 0 Å². The molecule has 2 aromatic carbocycles. The first-order valence-electron chi connectivity index (χ1n) is 8.60. The standard InChI is InChI=1S/C20H20N2O3/c23-19(24)17-10-12-22(18-8-4-3-7-16(17)18)20(25)21-11-9-14-5-1-2-6-15(14)13-21/h1-8,17H,9-13H2,(H,23,24). The van der Waals surface area contributed by atoms with Crippen LogP contribution in [-0.2, 0) is 17.8 Å². The van der Waals surface area contributed by atoms with Gasteiger partial charge in [0.2, 0.25) is 0 Å². The number of nitrogens with zero attached hydrogens (tertiary/aromatic N) is 2. The van der Waals surface area contributed by atoms with Crippen LogP contribution in [0.3, 0.4) is 0 Å². The van der Waals surface area contributed by atoms with E-state index < -0.39 is 11.9 Å². The molecule has 2 aliphatic heterocycles. The number of fused-ring (bicyclic) bond motifs is 2. The highest BCUT2D eigenvalue weighted by Crippen LogP contribution is 2.36. The molecule has 2 amide bonds. The molecule has 1 atom stereocenters. The summed E-state index contributed by atoms with van der Waals surface area (Å²) in [5.41, 5.74) is 3.95. The van der Waals surface area contributed by atoms with Gasteiger partial charge in [0.1, 0.15) is 0 Å². The Morgan fingerprint density at radius 3 is 2.48 bits per heavy atom. The summed E-state index contributed by atoms with van der Waals surface area (Å²) in [5.74, 6) is -1.37. The number of carboxylic acid groups (broad SMARTS) is 1. The maximum absolute atomic E-state index is 13.1. The second kappa shape index (κ2) is 6.24. The average Bonchev–Trinajstić information content (AvgIpc) is 2.66. The van der Waals surface area contributed by atoms with Gasteiger partial charge in [-0.3, -0.25) is 9.69 Å². The lowest BCUT2D eigenvalue weighted by molar-refractivity contribution is -0.139. The minimum absolute atomic E-state index is 0.0363. The van der Waals surface area contributed by atoms with Gasteiger partial charge in [-0.1, -0.05) is 42.5 Å². The molecule has 0 radical (unpaired) electrons. The maximum Gasteiger partial charge on any atom is 0.324 e. The van der Waals surface area contributed by atoms with Gasteiger partial charge in [0, 0.05) is 25.3 Å². The Morgan fingerprint density at radius 1 is 0.960 bits per heavy atom. The average molecular weight is 336 g/mol. The van der Waals surface area contributed by atoms with Crippen LogP contribution in [0, 0.1) is 0 Å². The third-order valence-corrected chi connectivity index (χ3v) is 5.17. The zero-order chi connectivity index (χ0) is 17.4. The lowest BCUT2D eigenvalue weighted by Gasteiger charge is -2.38. The van der Waals surface area contributed by atoms with Crippen molar-refractivity contribution in [2.24, 2.45) is 0 Å². The number of urea groups is 1. The summed E-state index contributed by atoms with van der Waals surface area (Å²) in [6.07, 6.45) is 1.30. The van der Waals surface area contributed by atoms with Crippen LogP contribution >= 0.6 is 0 Å². The van der Waals surface area contributed by atoms with Crippen molar-refractivity contribution in [3.05, 3.63) is 65.2 Å². The molecule has 128 valence electrons. The van der Waals surface area contributed by atoms with Gasteiger partial charge < -0.3 is 10.0 Å². The summed E-state index contributed by atoms with van der Waals surface area (Å²) in [5, 5.41) is 9.45. The summed E-state index contributed by atoms with van der Waals surface area (Å²) >= 11 is 0. The molecule has 25 heavy (non-hydrogen) atoms. The largest absolute Gasteiger partial charge is 0.481 e. The van der Waals surface area contributed by atoms with Gasteiger partial charge >= 0.3 is 12.0 Å². The predicted molar refractivity (Wildman–Crippen MR) is 94.7 cm³/mol. The topological polar surface area (TPSA) is 60.9 Å². The van der Waals surface area contributed by atoms with Crippen LogP contribution in [0.1, 0.15) is 29.0 Å². The fourth-order valence-corrected chi connectivity index (χ4v) is 3.85. The Balaban J connectivity index is 1.61. The second-order valence-corrected chi connectivity index (χ2v) is 6.61. The molecule has 5 heteroatoms. The van der Waals surface area contributed by atoms with Crippen molar-refractivity contribution in [3.8, 4) is 0 Å². The van der Waals surface area contributed by atoms with Crippen LogP contribution < -0.4 is 4.90 Å². The lowest BCUT2D eigenvalue weighted by atomic mass is 9.90. The van der Waals surface area contributed by atoms with Crippen molar-refractivity contribution in [2.45, 2.75) is 25.3 Å². The Bertz CT molecular complexity index is 833. The molecule has 0 saturated carbocycles. The van der Waals surface area contributed by atoms with Gasteiger partial charge in [-0.15, -0.1) is 0 Å². The third kappa shape index (κ3) is 2.76. The molecule has 5 nitrogen and oxygen atoms in total. The van der Waals surface area contributed by atoms with Crippen LogP contribution in [0.4, 0.5) is 10.5 Å². The van der Waals surface area contributed by atoms with E-state index in [-0.39, 0.29) is 6.03 Å². The maximum atomic E-state index is 13.1. The van der Waals surface area contributed by atoms with E-state index in [1.807, 2.05) is 41.3 Å². The number of aliphatic carboxylic acids is 1. The van der Waals surface area contributed by atoms with E-state index in [9.17, 15) is 14.7 Å². The molecule has 2 aromatic rings. The quantitative estimate of drug-likeness (QED) is 0.870. The first kappa shape index (κ1) is 15.7. The lowest BCUT2D eigenvalue weighted by Crippen LogP contribution is -2.48. The van der Waals surface area contributed by atoms with Gasteiger partial charge in [0.15, 0.2) is 0 Å². The Kier molecular flexibility index (Phi) is 3.92. The minimum Gasteiger partial charge on any atom is -0.481 e. The normalized spacial score (nSPS) is 19.1. The highest BCUT2D eigenvalue weighted by Gasteiger charge is 2.34. The number of carbonyl (C=O) groups excluding carboxylic acids is 1. The summed E-state index contributed by atoms with van der Waals surface area (Å²) < 4.78 is 0. The molecule has 1 N–H and O–H groups in total. The number of amides is 2. The summed E-state index contributed by atoms with van der Waals surface area (Å²) in [7, 11) is 0. The molecular formula is C20H20N2O3. The van der Waals surface area contributed by atoms with Crippen LogP contribution in [-0.4, -0.2) is 35.1 Å². The summed E-state index contributed by atoms with van der Waals surface area (Å²) in [6, 6.07) is 15.5. The molecule has 1 unspecified atom stereocenters. The summed E-state index contributed by atoms with van der Waals surface area (Å²) in [4.78, 5) is 28.2. The fourth-order valence-electron chi connectivity index (χ4n) is 3.85. The number of benzene rings is 2. The van der Waals surface area contributed by atoms with Crippen molar-refractivity contribution in [1.29, 1.82) is 0 Å². The van der Waals surface area contributed by atoms with Crippen LogP contribution in [0.25, 0.3) is 0 Å². The van der Waals surface area contributed by atoms with Crippen LogP contribution in [0.15, 0.2) is 48.5 Å². The number of carboxylic acids is 1. The first-order chi connectivity index (χ1) is 12.1. The van der Waals surface area contributed by atoms with Gasteiger partial charge in [0.05, 0.1) is 5.92 Å². The molecule has 0 spiro atoms. The third-order valence-electron chi connectivity index (χ3n) is 5.17. The molecule has 0 aromatic heterocycles. The SMILES string of the molecule is O=C(O)C1CCN(C(=O)N2CCc3ccccc3C2)c2ccccc21. The van der Waals surface area contributed by atoms with Gasteiger partial charge in [-0.2, -0.15) is 0 Å². The molecule has 0 fully saturated rings. The zero-order valence-electron chi connectivity index (χ0n) is 13.9. The van der Waals surface area contributed by atoms with Crippen LogP contribution in [0.5, 0.6) is 0 Å². The molecule has 4 rings (SSSR count). The zero-order valence-corrected chi connectivity index (χ0v) is 13.9. The number of carbonyl (C=O) groups is 2. The number of para-hydroxylation sites is 1. The fraction of sp³-hybridized carbons (Fsp3) is 0.300. The number of rotatable bonds is 1. The van der Waals surface area contributed by atoms with E-state index >= 15 is 0 Å². The molecule has 2 heterocycles. The molecule has 2 aliphatic rings. The highest BCUT2D eigenvalue weighted by atomic mass is 16.4. The Labute approximate surface area is 146 Å². The van der Waals surface area contributed by atoms with Gasteiger partial charge in [-0.25, -0.2) is 4.79 Å². The molecule has 0 bridgehead atoms. The van der Waals surface area contributed by atoms with E-state index in [0.29, 0.717) is 26.1 Å². The van der Waals surface area contributed by atoms with E-state index in [0.717, 1.165) is 17.7 Å². The van der Waals surface area contributed by atoms with E-state index in [4.69, 9.17) is 0 Å². The molecule has 0 saturated heterocycles. The highest BCUT2D eigenvalue weighted by molar-refractivity contribution is 5.95. The van der Waals surface area contributed by atoms with Gasteiger partial charge in [-0.05, 0) is 35.6 Å². The van der Waals surface area contributed by atoms with Crippen molar-refractivity contribution in [1.82, 2.24) is 4.90 Å². The minimum atomic E-state index is -0.827. The van der Waals surface area contributed by atoms with Crippen molar-refractivity contribution in [3.63, 3.8) is 0 Å². The monoisotopic (exact) mass is 336 g/mol. The van der Waals surface area contributed by atoms with Gasteiger partial charge in [0.25, 0.3) is 0 Å². The smallest absolute Gasteiger partial charge is 0.324 e. The Hall–Kier alpha value is -2.82. The Morgan fingerprint density at radius 2 is 1.68 bits per heavy atom. The van der Waals surface area contributed by atoms with Crippen molar-refractivity contribution < 1.29 is 14.7 Å². The number of hydrogen-bond acceptors (Lipinski definition) is 2.